The van der Waals surface area contributed by atoms with Gasteiger partial charge < -0.3 is 10.8 Å². The van der Waals surface area contributed by atoms with Crippen molar-refractivity contribution in [2.45, 2.75) is 13.3 Å². The van der Waals surface area contributed by atoms with Gasteiger partial charge in [0.05, 0.1) is 5.69 Å². The first-order valence-corrected chi connectivity index (χ1v) is 6.10. The molecule has 0 amide bonds. The van der Waals surface area contributed by atoms with E-state index in [1.54, 1.807) is 12.4 Å². The van der Waals surface area contributed by atoms with E-state index in [-0.39, 0.29) is 38.5 Å². The van der Waals surface area contributed by atoms with E-state index in [1.807, 2.05) is 31.2 Å². The summed E-state index contributed by atoms with van der Waals surface area (Å²) >= 11 is 0. The van der Waals surface area contributed by atoms with Crippen molar-refractivity contribution in [1.29, 1.82) is 0 Å². The molecule has 4 nitrogen and oxygen atoms in total. The number of benzene rings is 1. The fourth-order valence-electron chi connectivity index (χ4n) is 2.15. The zero-order valence-electron chi connectivity index (χ0n) is 11.2. The van der Waals surface area contributed by atoms with E-state index in [1.165, 1.54) is 0 Å². The molecule has 2 heterocycles. The second-order valence-corrected chi connectivity index (χ2v) is 4.58. The number of rotatable bonds is 2. The molecule has 0 aliphatic carbocycles. The third-order valence-electron chi connectivity index (χ3n) is 3.13. The van der Waals surface area contributed by atoms with Crippen LogP contribution in [0.2, 0.25) is 0 Å². The van der Waals surface area contributed by atoms with Gasteiger partial charge in [0, 0.05) is 56.9 Å². The van der Waals surface area contributed by atoms with E-state index in [9.17, 15) is 0 Å². The molecule has 3 aromatic rings. The molecule has 0 saturated carbocycles. The van der Waals surface area contributed by atoms with Crippen LogP contribution in [0.25, 0.3) is 16.5 Å². The van der Waals surface area contributed by atoms with E-state index in [2.05, 4.69) is 21.2 Å². The summed E-state index contributed by atoms with van der Waals surface area (Å²) in [5, 5.41) is 9.98. The monoisotopic (exact) mass is 338 g/mol. The van der Waals surface area contributed by atoms with E-state index in [0.717, 1.165) is 27.6 Å². The molecule has 20 heavy (non-hydrogen) atoms. The molecular formula is C15H13N4Y-. The molecule has 0 aliphatic heterocycles. The van der Waals surface area contributed by atoms with Crippen LogP contribution in [0.15, 0.2) is 42.7 Å². The third-order valence-corrected chi connectivity index (χ3v) is 3.13. The zero-order valence-corrected chi connectivity index (χ0v) is 14.0. The first kappa shape index (κ1) is 15.0. The number of nitrogens with zero attached hydrogens (tertiary/aromatic N) is 3. The Morgan fingerprint density at radius 2 is 1.75 bits per heavy atom. The Hall–Kier alpha value is -1.39. The molecule has 0 unspecified atom stereocenters. The Labute approximate surface area is 142 Å². The SMILES string of the molecule is Cc1ccc2c([NH-])nnc(Cc3ccncc3)c2c1.[Y]. The van der Waals surface area contributed by atoms with Crippen LogP contribution in [0.4, 0.5) is 5.82 Å². The van der Waals surface area contributed by atoms with Crippen molar-refractivity contribution >= 4 is 16.6 Å². The fraction of sp³-hybridized carbons (Fsp3) is 0.133. The first-order valence-electron chi connectivity index (χ1n) is 6.10. The van der Waals surface area contributed by atoms with E-state index >= 15 is 0 Å². The average molecular weight is 338 g/mol. The zero-order chi connectivity index (χ0) is 13.2. The summed E-state index contributed by atoms with van der Waals surface area (Å²) in [5.74, 6) is 0.230. The summed E-state index contributed by atoms with van der Waals surface area (Å²) in [5.41, 5.74) is 11.0. The normalized spacial score (nSPS) is 10.2. The van der Waals surface area contributed by atoms with Crippen molar-refractivity contribution in [3.63, 3.8) is 0 Å². The van der Waals surface area contributed by atoms with Gasteiger partial charge in [-0.15, -0.1) is 0 Å². The van der Waals surface area contributed by atoms with Crippen LogP contribution in [0, 0.1) is 6.92 Å². The molecular weight excluding hydrogens is 325 g/mol. The van der Waals surface area contributed by atoms with E-state index in [0.29, 0.717) is 6.42 Å². The predicted octanol–water partition coefficient (Wildman–Crippen LogP) is 3.61. The van der Waals surface area contributed by atoms with Crippen molar-refractivity contribution < 1.29 is 32.7 Å². The molecule has 0 bridgehead atoms. The van der Waals surface area contributed by atoms with Crippen molar-refractivity contribution in [2.24, 2.45) is 0 Å². The van der Waals surface area contributed by atoms with Gasteiger partial charge in [-0.2, -0.15) is 0 Å². The molecule has 0 fully saturated rings. The van der Waals surface area contributed by atoms with Crippen LogP contribution in [0.1, 0.15) is 16.8 Å². The van der Waals surface area contributed by atoms with Crippen LogP contribution in [0.3, 0.4) is 0 Å². The minimum absolute atomic E-state index is 0. The molecule has 3 rings (SSSR count). The standard InChI is InChI=1S/C15H13N4.Y/c1-10-2-3-12-13(8-10)14(18-19-15(12)16)9-11-4-6-17-7-5-11;/h2-8H,9H2,1H3,(H-,16,19);/q-1;. The summed E-state index contributed by atoms with van der Waals surface area (Å²) in [6.07, 6.45) is 4.25. The number of pyridine rings is 1. The third kappa shape index (κ3) is 3.02. The van der Waals surface area contributed by atoms with E-state index in [4.69, 9.17) is 5.73 Å². The van der Waals surface area contributed by atoms with Crippen molar-refractivity contribution in [3.8, 4) is 0 Å². The predicted molar refractivity (Wildman–Crippen MR) is 75.3 cm³/mol. The maximum Gasteiger partial charge on any atom is 0.0517 e. The largest absolute Gasteiger partial charge is 0.480 e. The maximum absolute atomic E-state index is 7.83. The molecule has 0 aliphatic rings. The summed E-state index contributed by atoms with van der Waals surface area (Å²) in [7, 11) is 0. The number of hydrogen-bond acceptors (Lipinski definition) is 3. The second-order valence-electron chi connectivity index (χ2n) is 4.58. The topological polar surface area (TPSA) is 62.5 Å². The maximum atomic E-state index is 7.83. The van der Waals surface area contributed by atoms with Crippen LogP contribution >= 0.6 is 0 Å². The molecule has 5 heteroatoms. The Balaban J connectivity index is 0.00000147. The van der Waals surface area contributed by atoms with Crippen LogP contribution in [-0.4, -0.2) is 15.2 Å². The molecule has 1 aromatic carbocycles. The molecule has 0 saturated heterocycles. The number of aromatic nitrogens is 3. The Morgan fingerprint density at radius 3 is 2.50 bits per heavy atom. The minimum Gasteiger partial charge on any atom is -0.480 e. The van der Waals surface area contributed by atoms with Gasteiger partial charge in [0.25, 0.3) is 0 Å². The van der Waals surface area contributed by atoms with Gasteiger partial charge in [-0.3, -0.25) is 10.1 Å². The smallest absolute Gasteiger partial charge is 0.0517 e. The molecule has 1 radical (unpaired) electrons. The summed E-state index contributed by atoms with van der Waals surface area (Å²) < 4.78 is 0. The van der Waals surface area contributed by atoms with Crippen LogP contribution in [-0.2, 0) is 39.1 Å². The molecule has 0 spiro atoms. The second kappa shape index (κ2) is 6.38. The van der Waals surface area contributed by atoms with Crippen LogP contribution in [0.5, 0.6) is 0 Å². The first-order chi connectivity index (χ1) is 9.24. The molecule has 0 atom stereocenters. The molecule has 1 N–H and O–H groups in total. The van der Waals surface area contributed by atoms with Gasteiger partial charge in [0.2, 0.25) is 0 Å². The van der Waals surface area contributed by atoms with Gasteiger partial charge in [0.15, 0.2) is 0 Å². The number of aryl methyl sites for hydroxylation is 1. The quantitative estimate of drug-likeness (QED) is 0.717. The van der Waals surface area contributed by atoms with Gasteiger partial charge >= 0.3 is 0 Å². The van der Waals surface area contributed by atoms with Crippen molar-refractivity contribution in [3.05, 3.63) is 65.3 Å². The van der Waals surface area contributed by atoms with Gasteiger partial charge in [-0.05, 0) is 41.9 Å². The van der Waals surface area contributed by atoms with E-state index < -0.39 is 0 Å². The number of hydrogen-bond donors (Lipinski definition) is 0. The van der Waals surface area contributed by atoms with Crippen molar-refractivity contribution in [2.75, 3.05) is 0 Å². The molecule has 97 valence electrons. The summed E-state index contributed by atoms with van der Waals surface area (Å²) in [6, 6.07) is 9.95. The number of nitrogens with one attached hydrogen (secondary N) is 1. The number of fused-ring (bicyclic) bond motifs is 1. The van der Waals surface area contributed by atoms with Crippen molar-refractivity contribution in [1.82, 2.24) is 15.2 Å². The minimum atomic E-state index is 0. The summed E-state index contributed by atoms with van der Waals surface area (Å²) in [6.45, 7) is 2.04. The molecule has 2 aromatic heterocycles. The van der Waals surface area contributed by atoms with Gasteiger partial charge in [-0.25, -0.2) is 0 Å². The van der Waals surface area contributed by atoms with Gasteiger partial charge in [-0.1, -0.05) is 17.7 Å². The Morgan fingerprint density at radius 1 is 1.00 bits per heavy atom. The van der Waals surface area contributed by atoms with Crippen LogP contribution < -0.4 is 0 Å². The average Bonchev–Trinajstić information content (AvgIpc) is 2.43. The van der Waals surface area contributed by atoms with Gasteiger partial charge in [0.1, 0.15) is 0 Å². The Kier molecular flexibility index (Phi) is 4.79. The Bertz CT molecular complexity index is 729. The fourth-order valence-corrected chi connectivity index (χ4v) is 2.15. The summed E-state index contributed by atoms with van der Waals surface area (Å²) in [4.78, 5) is 4.01.